The van der Waals surface area contributed by atoms with Gasteiger partial charge in [-0.1, -0.05) is 47.5 Å². The maximum Gasteiger partial charge on any atom is 0.226 e. The maximum absolute atomic E-state index is 12.4. The highest BCUT2D eigenvalue weighted by atomic mass is 35.5. The number of amides is 2. The summed E-state index contributed by atoms with van der Waals surface area (Å²) in [7, 11) is 0. The van der Waals surface area contributed by atoms with Gasteiger partial charge in [0.05, 0.1) is 0 Å². The lowest BCUT2D eigenvalue weighted by Crippen LogP contribution is -2.31. The highest BCUT2D eigenvalue weighted by Crippen LogP contribution is 2.22. The molecule has 0 atom stereocenters. The van der Waals surface area contributed by atoms with E-state index in [9.17, 15) is 9.59 Å². The number of carbonyl (C=O) groups is 2. The third kappa shape index (κ3) is 5.33. The number of hydrogen-bond donors (Lipinski definition) is 1. The van der Waals surface area contributed by atoms with Gasteiger partial charge in [0.2, 0.25) is 11.8 Å². The Bertz CT molecular complexity index is 794. The summed E-state index contributed by atoms with van der Waals surface area (Å²) < 4.78 is 0. The van der Waals surface area contributed by atoms with Crippen LogP contribution in [0.15, 0.2) is 36.4 Å². The molecule has 2 aromatic carbocycles. The number of rotatable bonds is 6. The van der Waals surface area contributed by atoms with E-state index in [1.807, 2.05) is 51.1 Å². The lowest BCUT2D eigenvalue weighted by Gasteiger charge is -2.22. The molecule has 0 radical (unpaired) electrons. The summed E-state index contributed by atoms with van der Waals surface area (Å²) >= 11 is 6.17. The summed E-state index contributed by atoms with van der Waals surface area (Å²) in [5, 5.41) is 3.59. The van der Waals surface area contributed by atoms with Gasteiger partial charge in [-0.2, -0.15) is 0 Å². The van der Waals surface area contributed by atoms with Gasteiger partial charge in [0.1, 0.15) is 0 Å². The molecule has 0 saturated carbocycles. The Morgan fingerprint density at radius 1 is 1.08 bits per heavy atom. The molecule has 2 aromatic rings. The predicted octanol–water partition coefficient (Wildman–Crippen LogP) is 4.64. The molecule has 0 unspecified atom stereocenters. The second kappa shape index (κ2) is 8.86. The Kier molecular flexibility index (Phi) is 6.81. The fraction of sp³-hybridized carbons (Fsp3) is 0.333. The van der Waals surface area contributed by atoms with Crippen LogP contribution in [0.2, 0.25) is 5.02 Å². The smallest absolute Gasteiger partial charge is 0.226 e. The van der Waals surface area contributed by atoms with E-state index in [0.717, 1.165) is 22.4 Å². The Morgan fingerprint density at radius 2 is 1.69 bits per heavy atom. The SMILES string of the molecule is CC(=O)N(CCC(=O)Nc1c(C)cc(C)cc1C)Cc1ccccc1Cl. The van der Waals surface area contributed by atoms with Gasteiger partial charge in [-0.15, -0.1) is 0 Å². The second-order valence-electron chi connectivity index (χ2n) is 6.60. The van der Waals surface area contributed by atoms with E-state index in [1.54, 1.807) is 11.0 Å². The highest BCUT2D eigenvalue weighted by molar-refractivity contribution is 6.31. The summed E-state index contributed by atoms with van der Waals surface area (Å²) in [4.78, 5) is 25.9. The van der Waals surface area contributed by atoms with Gasteiger partial charge < -0.3 is 10.2 Å². The van der Waals surface area contributed by atoms with Gasteiger partial charge in [-0.25, -0.2) is 0 Å². The average Bonchev–Trinajstić information content (AvgIpc) is 2.56. The topological polar surface area (TPSA) is 49.4 Å². The lowest BCUT2D eigenvalue weighted by atomic mass is 10.0. The van der Waals surface area contributed by atoms with E-state index in [1.165, 1.54) is 12.5 Å². The van der Waals surface area contributed by atoms with Crippen LogP contribution in [0.1, 0.15) is 35.6 Å². The van der Waals surface area contributed by atoms with E-state index < -0.39 is 0 Å². The first-order valence-electron chi connectivity index (χ1n) is 8.64. The highest BCUT2D eigenvalue weighted by Gasteiger charge is 2.14. The molecule has 0 fully saturated rings. The van der Waals surface area contributed by atoms with Crippen molar-refractivity contribution in [3.05, 3.63) is 63.7 Å². The molecule has 5 heteroatoms. The van der Waals surface area contributed by atoms with Crippen LogP contribution in [0.4, 0.5) is 5.69 Å². The predicted molar refractivity (Wildman–Crippen MR) is 106 cm³/mol. The minimum Gasteiger partial charge on any atom is -0.338 e. The van der Waals surface area contributed by atoms with Crippen molar-refractivity contribution in [1.82, 2.24) is 4.90 Å². The van der Waals surface area contributed by atoms with Gasteiger partial charge in [0, 0.05) is 37.1 Å². The van der Waals surface area contributed by atoms with Crippen molar-refractivity contribution >= 4 is 29.1 Å². The molecule has 1 N–H and O–H groups in total. The van der Waals surface area contributed by atoms with Crippen LogP contribution < -0.4 is 5.32 Å². The quantitative estimate of drug-likeness (QED) is 0.802. The molecule has 138 valence electrons. The first-order valence-corrected chi connectivity index (χ1v) is 9.02. The first kappa shape index (κ1) is 20.0. The minimum absolute atomic E-state index is 0.0829. The van der Waals surface area contributed by atoms with Crippen LogP contribution in [-0.4, -0.2) is 23.3 Å². The fourth-order valence-corrected chi connectivity index (χ4v) is 3.19. The molecule has 0 aromatic heterocycles. The zero-order valence-corrected chi connectivity index (χ0v) is 16.5. The van der Waals surface area contributed by atoms with Crippen LogP contribution in [-0.2, 0) is 16.1 Å². The Labute approximate surface area is 160 Å². The van der Waals surface area contributed by atoms with E-state index in [2.05, 4.69) is 5.32 Å². The molecule has 2 amide bonds. The van der Waals surface area contributed by atoms with E-state index >= 15 is 0 Å². The van der Waals surface area contributed by atoms with Crippen molar-refractivity contribution in [2.75, 3.05) is 11.9 Å². The Hall–Kier alpha value is -2.33. The fourth-order valence-electron chi connectivity index (χ4n) is 3.00. The van der Waals surface area contributed by atoms with E-state index in [-0.39, 0.29) is 18.2 Å². The van der Waals surface area contributed by atoms with Gasteiger partial charge in [0.25, 0.3) is 0 Å². The molecular formula is C21H25ClN2O2. The van der Waals surface area contributed by atoms with Crippen molar-refractivity contribution in [2.24, 2.45) is 0 Å². The number of nitrogens with one attached hydrogen (secondary N) is 1. The number of nitrogens with zero attached hydrogens (tertiary/aromatic N) is 1. The van der Waals surface area contributed by atoms with Crippen molar-refractivity contribution in [3.8, 4) is 0 Å². The van der Waals surface area contributed by atoms with Crippen molar-refractivity contribution < 1.29 is 9.59 Å². The number of carbonyl (C=O) groups excluding carboxylic acids is 2. The molecular weight excluding hydrogens is 348 g/mol. The average molecular weight is 373 g/mol. The van der Waals surface area contributed by atoms with Crippen LogP contribution in [0.5, 0.6) is 0 Å². The number of benzene rings is 2. The van der Waals surface area contributed by atoms with Crippen LogP contribution in [0.3, 0.4) is 0 Å². The molecule has 2 rings (SSSR count). The van der Waals surface area contributed by atoms with Gasteiger partial charge in [-0.05, 0) is 43.5 Å². The number of anilines is 1. The number of aryl methyl sites for hydroxylation is 3. The second-order valence-corrected chi connectivity index (χ2v) is 7.01. The molecule has 26 heavy (non-hydrogen) atoms. The Morgan fingerprint density at radius 3 is 2.27 bits per heavy atom. The van der Waals surface area contributed by atoms with Gasteiger partial charge >= 0.3 is 0 Å². The summed E-state index contributed by atoms with van der Waals surface area (Å²) in [6.07, 6.45) is 0.233. The van der Waals surface area contributed by atoms with Crippen LogP contribution >= 0.6 is 11.6 Å². The third-order valence-corrected chi connectivity index (χ3v) is 4.68. The summed E-state index contributed by atoms with van der Waals surface area (Å²) in [5.74, 6) is -0.189. The molecule has 0 saturated heterocycles. The monoisotopic (exact) mass is 372 g/mol. The zero-order valence-electron chi connectivity index (χ0n) is 15.7. The Balaban J connectivity index is 2.00. The normalized spacial score (nSPS) is 10.5. The van der Waals surface area contributed by atoms with E-state index in [0.29, 0.717) is 18.1 Å². The van der Waals surface area contributed by atoms with Crippen LogP contribution in [0.25, 0.3) is 0 Å². The lowest BCUT2D eigenvalue weighted by molar-refractivity contribution is -0.129. The minimum atomic E-state index is -0.106. The largest absolute Gasteiger partial charge is 0.338 e. The molecule has 0 bridgehead atoms. The van der Waals surface area contributed by atoms with Crippen molar-refractivity contribution in [3.63, 3.8) is 0 Å². The van der Waals surface area contributed by atoms with Crippen molar-refractivity contribution in [1.29, 1.82) is 0 Å². The van der Waals surface area contributed by atoms with E-state index in [4.69, 9.17) is 11.6 Å². The molecule has 0 heterocycles. The first-order chi connectivity index (χ1) is 12.3. The standard InChI is InChI=1S/C21H25ClN2O2/c1-14-11-15(2)21(16(3)12-14)23-20(26)9-10-24(17(4)25)13-18-7-5-6-8-19(18)22/h5-8,11-12H,9-10,13H2,1-4H3,(H,23,26). The molecule has 0 spiro atoms. The number of halogens is 1. The van der Waals surface area contributed by atoms with Gasteiger partial charge in [-0.3, -0.25) is 9.59 Å². The summed E-state index contributed by atoms with van der Waals surface area (Å²) in [5.41, 5.74) is 4.96. The summed E-state index contributed by atoms with van der Waals surface area (Å²) in [6.45, 7) is 8.24. The maximum atomic E-state index is 12.4. The summed E-state index contributed by atoms with van der Waals surface area (Å²) in [6, 6.07) is 11.5. The molecule has 4 nitrogen and oxygen atoms in total. The molecule has 0 aliphatic carbocycles. The van der Waals surface area contributed by atoms with Crippen molar-refractivity contribution in [2.45, 2.75) is 40.7 Å². The number of hydrogen-bond acceptors (Lipinski definition) is 2. The molecule has 0 aliphatic rings. The zero-order chi connectivity index (χ0) is 19.3. The van der Waals surface area contributed by atoms with Gasteiger partial charge in [0.15, 0.2) is 0 Å². The van der Waals surface area contributed by atoms with Crippen LogP contribution in [0, 0.1) is 20.8 Å². The third-order valence-electron chi connectivity index (χ3n) is 4.31. The molecule has 0 aliphatic heterocycles.